The van der Waals surface area contributed by atoms with Crippen molar-refractivity contribution in [3.05, 3.63) is 36.5 Å². The van der Waals surface area contributed by atoms with Gasteiger partial charge in [0.05, 0.1) is 12.5 Å². The number of hydrogen-bond donors (Lipinski definition) is 1. The Morgan fingerprint density at radius 1 is 1.38 bits per heavy atom. The molecule has 1 aliphatic rings. The van der Waals surface area contributed by atoms with Gasteiger partial charge in [-0.2, -0.15) is 0 Å². The molecule has 8 heavy (non-hydrogen) atoms. The maximum absolute atomic E-state index is 8.73. The molecule has 0 aromatic carbocycles. The second-order valence-corrected chi connectivity index (χ2v) is 1.36. The molecule has 2 nitrogen and oxygen atoms in total. The molecule has 0 saturated carbocycles. The van der Waals surface area contributed by atoms with Crippen molar-refractivity contribution >= 4 is 0 Å². The summed E-state index contributed by atoms with van der Waals surface area (Å²) >= 11 is 0. The summed E-state index contributed by atoms with van der Waals surface area (Å²) in [6.45, 7) is 0. The third kappa shape index (κ3) is 1.15. The minimum atomic E-state index is 0.207. The predicted octanol–water partition coefficient (Wildman–Crippen LogP) is 1.49. The summed E-state index contributed by atoms with van der Waals surface area (Å²) in [5, 5.41) is 8.73. The average Bonchev–Trinajstić information content (AvgIpc) is 1.94. The number of allylic oxidation sites excluding steroid dienone is 3. The third-order valence-electron chi connectivity index (χ3n) is 0.741. The Labute approximate surface area is 47.4 Å². The summed E-state index contributed by atoms with van der Waals surface area (Å²) in [5.74, 6) is 0.207. The van der Waals surface area contributed by atoms with Crippen molar-refractivity contribution in [3.8, 4) is 0 Å². The molecule has 0 unspecified atom stereocenters. The van der Waals surface area contributed by atoms with Gasteiger partial charge in [-0.15, -0.1) is 0 Å². The number of aliphatic hydroxyl groups excluding tert-OH is 1. The lowest BCUT2D eigenvalue weighted by Gasteiger charge is -1.82. The molecule has 1 aliphatic heterocycles. The van der Waals surface area contributed by atoms with E-state index in [1.807, 2.05) is 0 Å². The van der Waals surface area contributed by atoms with Crippen LogP contribution in [0, 0.1) is 0 Å². The van der Waals surface area contributed by atoms with E-state index in [-0.39, 0.29) is 5.76 Å². The molecule has 0 fully saturated rings. The van der Waals surface area contributed by atoms with Gasteiger partial charge in [-0.1, -0.05) is 0 Å². The zero-order chi connectivity index (χ0) is 5.82. The summed E-state index contributed by atoms with van der Waals surface area (Å²) in [4.78, 5) is 0. The summed E-state index contributed by atoms with van der Waals surface area (Å²) in [7, 11) is 0. The van der Waals surface area contributed by atoms with Crippen molar-refractivity contribution in [1.82, 2.24) is 0 Å². The lowest BCUT2D eigenvalue weighted by Crippen LogP contribution is -1.67. The lowest BCUT2D eigenvalue weighted by molar-refractivity contribution is 0.395. The first-order chi connectivity index (χ1) is 3.89. The standard InChI is InChI=1S/C6H6O2/c7-6-2-1-4-8-5-3-6/h1-5,7H. The Morgan fingerprint density at radius 2 is 2.25 bits per heavy atom. The van der Waals surface area contributed by atoms with E-state index in [2.05, 4.69) is 0 Å². The average molecular weight is 110 g/mol. The highest BCUT2D eigenvalue weighted by molar-refractivity contribution is 5.17. The first kappa shape index (κ1) is 4.97. The highest BCUT2D eigenvalue weighted by atomic mass is 16.5. The van der Waals surface area contributed by atoms with Crippen LogP contribution < -0.4 is 0 Å². The Morgan fingerprint density at radius 3 is 3.12 bits per heavy atom. The van der Waals surface area contributed by atoms with Crippen molar-refractivity contribution in [2.75, 3.05) is 0 Å². The minimum Gasteiger partial charge on any atom is -0.508 e. The quantitative estimate of drug-likeness (QED) is 0.511. The van der Waals surface area contributed by atoms with Crippen molar-refractivity contribution in [2.24, 2.45) is 0 Å². The molecule has 0 aliphatic carbocycles. The van der Waals surface area contributed by atoms with E-state index in [0.717, 1.165) is 0 Å². The van der Waals surface area contributed by atoms with Crippen LogP contribution in [0.15, 0.2) is 36.5 Å². The Balaban J connectivity index is 2.73. The fourth-order valence-corrected chi connectivity index (χ4v) is 0.393. The van der Waals surface area contributed by atoms with Crippen molar-refractivity contribution in [1.29, 1.82) is 0 Å². The van der Waals surface area contributed by atoms with Gasteiger partial charge in [0.1, 0.15) is 5.76 Å². The molecule has 0 saturated heterocycles. The first-order valence-corrected chi connectivity index (χ1v) is 2.27. The van der Waals surface area contributed by atoms with Crippen LogP contribution in [-0.2, 0) is 4.74 Å². The lowest BCUT2D eigenvalue weighted by atomic mass is 10.4. The topological polar surface area (TPSA) is 29.5 Å². The molecule has 0 amide bonds. The van der Waals surface area contributed by atoms with Crippen LogP contribution in [0.4, 0.5) is 0 Å². The monoisotopic (exact) mass is 110 g/mol. The van der Waals surface area contributed by atoms with Crippen LogP contribution in [0.2, 0.25) is 0 Å². The van der Waals surface area contributed by atoms with E-state index < -0.39 is 0 Å². The molecule has 1 rings (SSSR count). The molecule has 0 bridgehead atoms. The molecular weight excluding hydrogens is 104 g/mol. The molecular formula is C6H6O2. The number of aliphatic hydroxyl groups is 1. The van der Waals surface area contributed by atoms with Gasteiger partial charge in [-0.3, -0.25) is 0 Å². The second-order valence-electron chi connectivity index (χ2n) is 1.36. The number of ether oxygens (including phenoxy) is 1. The highest BCUT2D eigenvalue weighted by Crippen LogP contribution is 1.96. The van der Waals surface area contributed by atoms with E-state index in [1.165, 1.54) is 18.6 Å². The molecule has 0 aromatic heterocycles. The molecule has 0 atom stereocenters. The summed E-state index contributed by atoms with van der Waals surface area (Å²) in [6.07, 6.45) is 7.54. The van der Waals surface area contributed by atoms with Crippen LogP contribution >= 0.6 is 0 Å². The van der Waals surface area contributed by atoms with Crippen molar-refractivity contribution < 1.29 is 9.84 Å². The van der Waals surface area contributed by atoms with Crippen LogP contribution in [0.3, 0.4) is 0 Å². The van der Waals surface area contributed by atoms with E-state index >= 15 is 0 Å². The Hall–Kier alpha value is -1.18. The predicted molar refractivity (Wildman–Crippen MR) is 30.1 cm³/mol. The van der Waals surface area contributed by atoms with Gasteiger partial charge < -0.3 is 9.84 Å². The zero-order valence-electron chi connectivity index (χ0n) is 4.24. The Kier molecular flexibility index (Phi) is 1.37. The maximum atomic E-state index is 8.73. The second kappa shape index (κ2) is 2.21. The van der Waals surface area contributed by atoms with Gasteiger partial charge in [0.2, 0.25) is 0 Å². The maximum Gasteiger partial charge on any atom is 0.118 e. The molecule has 42 valence electrons. The zero-order valence-corrected chi connectivity index (χ0v) is 4.24. The first-order valence-electron chi connectivity index (χ1n) is 2.27. The summed E-state index contributed by atoms with van der Waals surface area (Å²) in [6, 6.07) is 0. The fourth-order valence-electron chi connectivity index (χ4n) is 0.393. The van der Waals surface area contributed by atoms with Crippen LogP contribution in [0.5, 0.6) is 0 Å². The summed E-state index contributed by atoms with van der Waals surface area (Å²) < 4.78 is 4.69. The molecule has 1 heterocycles. The highest BCUT2D eigenvalue weighted by Gasteiger charge is 1.83. The van der Waals surface area contributed by atoms with Gasteiger partial charge in [0, 0.05) is 6.08 Å². The third-order valence-corrected chi connectivity index (χ3v) is 0.741. The smallest absolute Gasteiger partial charge is 0.118 e. The number of rotatable bonds is 0. The SMILES string of the molecule is OC1=CC=COC=C1. The molecule has 1 N–H and O–H groups in total. The van der Waals surface area contributed by atoms with Gasteiger partial charge in [-0.25, -0.2) is 0 Å². The molecule has 2 heteroatoms. The van der Waals surface area contributed by atoms with Gasteiger partial charge >= 0.3 is 0 Å². The van der Waals surface area contributed by atoms with Crippen LogP contribution in [-0.4, -0.2) is 5.11 Å². The number of hydrogen-bond acceptors (Lipinski definition) is 2. The molecule has 0 spiro atoms. The minimum absolute atomic E-state index is 0.207. The Bertz CT molecular complexity index is 154. The van der Waals surface area contributed by atoms with Gasteiger partial charge in [0.15, 0.2) is 0 Å². The van der Waals surface area contributed by atoms with Crippen molar-refractivity contribution in [3.63, 3.8) is 0 Å². The van der Waals surface area contributed by atoms with E-state index in [9.17, 15) is 0 Å². The van der Waals surface area contributed by atoms with Gasteiger partial charge in [-0.05, 0) is 12.2 Å². The fraction of sp³-hybridized carbons (Fsp3) is 0. The molecule has 0 radical (unpaired) electrons. The van der Waals surface area contributed by atoms with Crippen LogP contribution in [0.1, 0.15) is 0 Å². The van der Waals surface area contributed by atoms with Gasteiger partial charge in [0.25, 0.3) is 0 Å². The van der Waals surface area contributed by atoms with Crippen LogP contribution in [0.25, 0.3) is 0 Å². The van der Waals surface area contributed by atoms with Crippen molar-refractivity contribution in [2.45, 2.75) is 0 Å². The largest absolute Gasteiger partial charge is 0.508 e. The van der Waals surface area contributed by atoms with E-state index in [0.29, 0.717) is 0 Å². The normalized spacial score (nSPS) is 16.8. The van der Waals surface area contributed by atoms with E-state index in [1.54, 1.807) is 12.2 Å². The van der Waals surface area contributed by atoms with E-state index in [4.69, 9.17) is 9.84 Å². The summed E-state index contributed by atoms with van der Waals surface area (Å²) in [5.41, 5.74) is 0. The molecule has 0 aromatic rings.